The molecule has 1 fully saturated rings. The van der Waals surface area contributed by atoms with Gasteiger partial charge in [0.05, 0.1) is 18.4 Å². The highest BCUT2D eigenvalue weighted by molar-refractivity contribution is 6.32. The Hall–Kier alpha value is -1.81. The van der Waals surface area contributed by atoms with Gasteiger partial charge in [-0.3, -0.25) is 4.79 Å². The van der Waals surface area contributed by atoms with E-state index in [9.17, 15) is 4.79 Å². The van der Waals surface area contributed by atoms with Crippen molar-refractivity contribution in [1.82, 2.24) is 9.78 Å². The van der Waals surface area contributed by atoms with Crippen LogP contribution in [0.25, 0.3) is 0 Å². The molecule has 3 rings (SSSR count). The topological polar surface area (TPSA) is 46.9 Å². The molecule has 1 aromatic carbocycles. The Morgan fingerprint density at radius 1 is 1.26 bits per heavy atom. The van der Waals surface area contributed by atoms with Gasteiger partial charge in [-0.25, -0.2) is 4.68 Å². The van der Waals surface area contributed by atoms with Crippen molar-refractivity contribution < 1.29 is 0 Å². The molecule has 2 unspecified atom stereocenters. The molecular weight excluding hydrogens is 310 g/mol. The van der Waals surface area contributed by atoms with E-state index in [0.717, 1.165) is 12.0 Å². The Bertz CT molecular complexity index is 714. The molecule has 4 nitrogen and oxygen atoms in total. The average Bonchev–Trinajstić information content (AvgIpc) is 2.57. The molecule has 0 aliphatic heterocycles. The average molecular weight is 332 g/mol. The summed E-state index contributed by atoms with van der Waals surface area (Å²) in [6.07, 6.45) is 6.51. The van der Waals surface area contributed by atoms with E-state index in [0.29, 0.717) is 24.2 Å². The number of rotatable bonds is 4. The lowest BCUT2D eigenvalue weighted by molar-refractivity contribution is 0.349. The summed E-state index contributed by atoms with van der Waals surface area (Å²) in [6.45, 7) is 2.67. The second-order valence-corrected chi connectivity index (χ2v) is 6.71. The first-order valence-electron chi connectivity index (χ1n) is 8.21. The van der Waals surface area contributed by atoms with Gasteiger partial charge < -0.3 is 5.32 Å². The first kappa shape index (κ1) is 16.1. The van der Waals surface area contributed by atoms with Crippen molar-refractivity contribution in [2.75, 3.05) is 5.32 Å². The summed E-state index contributed by atoms with van der Waals surface area (Å²) in [5, 5.41) is 7.94. The van der Waals surface area contributed by atoms with Crippen LogP contribution < -0.4 is 10.9 Å². The highest BCUT2D eigenvalue weighted by Gasteiger charge is 2.22. The van der Waals surface area contributed by atoms with E-state index in [1.807, 2.05) is 30.3 Å². The van der Waals surface area contributed by atoms with Crippen molar-refractivity contribution in [3.63, 3.8) is 0 Å². The molecule has 1 aliphatic carbocycles. The van der Waals surface area contributed by atoms with Crippen LogP contribution in [0.3, 0.4) is 0 Å². The van der Waals surface area contributed by atoms with Gasteiger partial charge in [0.2, 0.25) is 0 Å². The summed E-state index contributed by atoms with van der Waals surface area (Å²) in [6, 6.07) is 10.2. The lowest BCUT2D eigenvalue weighted by atomic mass is 9.86. The molecular formula is C18H22ClN3O. The summed E-state index contributed by atoms with van der Waals surface area (Å²) in [5.74, 6) is 0.589. The van der Waals surface area contributed by atoms with Gasteiger partial charge in [0.1, 0.15) is 5.02 Å². The summed E-state index contributed by atoms with van der Waals surface area (Å²) < 4.78 is 1.41. The van der Waals surface area contributed by atoms with E-state index < -0.39 is 0 Å². The zero-order chi connectivity index (χ0) is 16.2. The lowest BCUT2D eigenvalue weighted by Gasteiger charge is -2.30. The van der Waals surface area contributed by atoms with Crippen LogP contribution in [0.15, 0.2) is 41.3 Å². The number of hydrogen-bond acceptors (Lipinski definition) is 3. The van der Waals surface area contributed by atoms with Crippen molar-refractivity contribution in [3.8, 4) is 0 Å². The Kier molecular flexibility index (Phi) is 5.01. The van der Waals surface area contributed by atoms with Gasteiger partial charge in [0.15, 0.2) is 0 Å². The van der Waals surface area contributed by atoms with E-state index in [1.165, 1.54) is 23.9 Å². The van der Waals surface area contributed by atoms with Gasteiger partial charge in [-0.15, -0.1) is 0 Å². The molecule has 1 aliphatic rings. The molecule has 1 N–H and O–H groups in total. The Morgan fingerprint density at radius 3 is 2.74 bits per heavy atom. The fourth-order valence-corrected chi connectivity index (χ4v) is 3.37. The number of nitrogens with one attached hydrogen (secondary N) is 1. The monoisotopic (exact) mass is 331 g/mol. The van der Waals surface area contributed by atoms with Crippen LogP contribution in [-0.2, 0) is 6.54 Å². The van der Waals surface area contributed by atoms with Crippen molar-refractivity contribution in [2.45, 2.75) is 45.2 Å². The minimum atomic E-state index is -0.246. The Labute approximate surface area is 141 Å². The highest BCUT2D eigenvalue weighted by Crippen LogP contribution is 2.28. The predicted octanol–water partition coefficient (Wildman–Crippen LogP) is 3.94. The minimum Gasteiger partial charge on any atom is -0.379 e. The number of anilines is 1. The van der Waals surface area contributed by atoms with Gasteiger partial charge in [-0.2, -0.15) is 5.10 Å². The quantitative estimate of drug-likeness (QED) is 0.923. The maximum atomic E-state index is 12.4. The van der Waals surface area contributed by atoms with Gasteiger partial charge in [-0.1, -0.05) is 61.7 Å². The number of benzene rings is 1. The fraction of sp³-hybridized carbons (Fsp3) is 0.444. The standard InChI is InChI=1S/C18H22ClN3O/c1-13-7-5-6-10-15(13)21-16-11-20-22(18(23)17(16)19)12-14-8-3-2-4-9-14/h2-4,8-9,11,13,15,21H,5-7,10,12H2,1H3. The number of aromatic nitrogens is 2. The van der Waals surface area contributed by atoms with E-state index in [-0.39, 0.29) is 10.6 Å². The van der Waals surface area contributed by atoms with E-state index >= 15 is 0 Å². The fourth-order valence-electron chi connectivity index (χ4n) is 3.17. The molecule has 23 heavy (non-hydrogen) atoms. The van der Waals surface area contributed by atoms with Crippen molar-refractivity contribution in [2.24, 2.45) is 5.92 Å². The molecule has 5 heteroatoms. The summed E-state index contributed by atoms with van der Waals surface area (Å²) in [5.41, 5.74) is 1.43. The Balaban J connectivity index is 1.79. The van der Waals surface area contributed by atoms with Gasteiger partial charge >= 0.3 is 0 Å². The normalized spacial score (nSPS) is 21.1. The second kappa shape index (κ2) is 7.18. The van der Waals surface area contributed by atoms with Crippen LogP contribution in [0.2, 0.25) is 5.02 Å². The van der Waals surface area contributed by atoms with E-state index in [4.69, 9.17) is 11.6 Å². The molecule has 0 saturated heterocycles. The number of hydrogen-bond donors (Lipinski definition) is 1. The SMILES string of the molecule is CC1CCCCC1Nc1cnn(Cc2ccccc2)c(=O)c1Cl. The third-order valence-corrected chi connectivity index (χ3v) is 4.98. The molecule has 0 radical (unpaired) electrons. The van der Waals surface area contributed by atoms with Crippen molar-refractivity contribution in [3.05, 3.63) is 57.5 Å². The predicted molar refractivity (Wildman–Crippen MR) is 94.1 cm³/mol. The zero-order valence-corrected chi connectivity index (χ0v) is 14.1. The number of nitrogens with zero attached hydrogens (tertiary/aromatic N) is 2. The third-order valence-electron chi connectivity index (χ3n) is 4.61. The van der Waals surface area contributed by atoms with Gasteiger partial charge in [0, 0.05) is 6.04 Å². The third kappa shape index (κ3) is 3.75. The summed E-state index contributed by atoms with van der Waals surface area (Å²) in [4.78, 5) is 12.4. The van der Waals surface area contributed by atoms with Crippen LogP contribution >= 0.6 is 11.6 Å². The minimum absolute atomic E-state index is 0.230. The van der Waals surface area contributed by atoms with Crippen LogP contribution in [0, 0.1) is 5.92 Å². The van der Waals surface area contributed by atoms with Gasteiger partial charge in [0.25, 0.3) is 5.56 Å². The molecule has 2 atom stereocenters. The van der Waals surface area contributed by atoms with E-state index in [1.54, 1.807) is 6.20 Å². The molecule has 122 valence electrons. The van der Waals surface area contributed by atoms with Crippen molar-refractivity contribution in [1.29, 1.82) is 0 Å². The first-order valence-corrected chi connectivity index (χ1v) is 8.59. The summed E-state index contributed by atoms with van der Waals surface area (Å²) >= 11 is 6.30. The maximum Gasteiger partial charge on any atom is 0.287 e. The molecule has 2 aromatic rings. The van der Waals surface area contributed by atoms with Crippen LogP contribution in [-0.4, -0.2) is 15.8 Å². The highest BCUT2D eigenvalue weighted by atomic mass is 35.5. The largest absolute Gasteiger partial charge is 0.379 e. The molecule has 1 aromatic heterocycles. The molecule has 1 heterocycles. The van der Waals surface area contributed by atoms with Crippen LogP contribution in [0.5, 0.6) is 0 Å². The summed E-state index contributed by atoms with van der Waals surface area (Å²) in [7, 11) is 0. The molecule has 0 amide bonds. The van der Waals surface area contributed by atoms with E-state index in [2.05, 4.69) is 17.3 Å². The maximum absolute atomic E-state index is 12.4. The van der Waals surface area contributed by atoms with Gasteiger partial charge in [-0.05, 0) is 24.3 Å². The first-order chi connectivity index (χ1) is 11.1. The van der Waals surface area contributed by atoms with Crippen LogP contribution in [0.4, 0.5) is 5.69 Å². The second-order valence-electron chi connectivity index (χ2n) is 6.33. The Morgan fingerprint density at radius 2 is 2.00 bits per heavy atom. The molecule has 1 saturated carbocycles. The van der Waals surface area contributed by atoms with Crippen molar-refractivity contribution >= 4 is 17.3 Å². The smallest absolute Gasteiger partial charge is 0.287 e. The lowest BCUT2D eigenvalue weighted by Crippen LogP contribution is -2.32. The molecule has 0 spiro atoms. The number of halogens is 1. The zero-order valence-electron chi connectivity index (χ0n) is 13.3. The molecule has 0 bridgehead atoms. The van der Waals surface area contributed by atoms with Crippen LogP contribution in [0.1, 0.15) is 38.2 Å².